The number of rotatable bonds is 6. The summed E-state index contributed by atoms with van der Waals surface area (Å²) in [6, 6.07) is 12.8. The number of nitrogens with zero attached hydrogens (tertiary/aromatic N) is 1. The van der Waals surface area contributed by atoms with Gasteiger partial charge in [0.2, 0.25) is 0 Å². The zero-order valence-electron chi connectivity index (χ0n) is 21.0. The maximum atomic E-state index is 13.4. The largest absolute Gasteiger partial charge is 0.482 e. The lowest BCUT2D eigenvalue weighted by Gasteiger charge is -2.27. The summed E-state index contributed by atoms with van der Waals surface area (Å²) in [7, 11) is 0. The van der Waals surface area contributed by atoms with Gasteiger partial charge in [0.15, 0.2) is 6.61 Å². The Labute approximate surface area is 246 Å². The highest BCUT2D eigenvalue weighted by Crippen LogP contribution is 2.35. The van der Waals surface area contributed by atoms with Crippen LogP contribution < -0.4 is 20.3 Å². The maximum absolute atomic E-state index is 13.4. The van der Waals surface area contributed by atoms with Crippen LogP contribution in [-0.4, -0.2) is 30.4 Å². The van der Waals surface area contributed by atoms with Gasteiger partial charge in [-0.15, -0.1) is 0 Å². The maximum Gasteiger partial charge on any atom is 0.335 e. The Morgan fingerprint density at radius 2 is 1.72 bits per heavy atom. The molecule has 0 spiro atoms. The van der Waals surface area contributed by atoms with Gasteiger partial charge in [0.25, 0.3) is 17.7 Å². The molecule has 0 saturated carbocycles. The number of amides is 5. The molecule has 0 aliphatic carbocycles. The van der Waals surface area contributed by atoms with Gasteiger partial charge in [-0.05, 0) is 95.9 Å². The molecule has 8 nitrogen and oxygen atoms in total. The van der Waals surface area contributed by atoms with Crippen LogP contribution in [0.15, 0.2) is 63.0 Å². The van der Waals surface area contributed by atoms with E-state index >= 15 is 0 Å². The first-order chi connectivity index (χ1) is 18.4. The third kappa shape index (κ3) is 6.41. The van der Waals surface area contributed by atoms with Crippen molar-refractivity contribution in [2.75, 3.05) is 16.8 Å². The molecule has 2 N–H and O–H groups in total. The Kier molecular flexibility index (Phi) is 8.58. The first-order valence-corrected chi connectivity index (χ1v) is 13.6. The van der Waals surface area contributed by atoms with Gasteiger partial charge < -0.3 is 10.1 Å². The molecule has 1 saturated heterocycles. The lowest BCUT2D eigenvalue weighted by atomic mass is 10.0. The van der Waals surface area contributed by atoms with E-state index in [0.717, 1.165) is 16.0 Å². The van der Waals surface area contributed by atoms with E-state index in [0.29, 0.717) is 30.8 Å². The van der Waals surface area contributed by atoms with Crippen molar-refractivity contribution < 1.29 is 23.9 Å². The first kappa shape index (κ1) is 28.5. The number of carbonyl (C=O) groups is 4. The van der Waals surface area contributed by atoms with Crippen molar-refractivity contribution >= 4 is 84.7 Å². The molecule has 11 heteroatoms. The van der Waals surface area contributed by atoms with Gasteiger partial charge in [0.05, 0.1) is 10.2 Å². The molecule has 3 aromatic rings. The van der Waals surface area contributed by atoms with E-state index in [9.17, 15) is 19.2 Å². The summed E-state index contributed by atoms with van der Waals surface area (Å²) in [6.45, 7) is 5.31. The molecule has 1 heterocycles. The van der Waals surface area contributed by atoms with Gasteiger partial charge in [0.1, 0.15) is 11.3 Å². The van der Waals surface area contributed by atoms with E-state index in [4.69, 9.17) is 16.3 Å². The molecule has 39 heavy (non-hydrogen) atoms. The molecule has 5 amide bonds. The normalized spacial score (nSPS) is 14.5. The zero-order valence-corrected chi connectivity index (χ0v) is 25.0. The highest BCUT2D eigenvalue weighted by molar-refractivity contribution is 9.11. The Morgan fingerprint density at radius 1 is 1.00 bits per heavy atom. The van der Waals surface area contributed by atoms with Crippen molar-refractivity contribution in [1.82, 2.24) is 5.32 Å². The van der Waals surface area contributed by atoms with Crippen molar-refractivity contribution in [3.63, 3.8) is 0 Å². The van der Waals surface area contributed by atoms with Crippen molar-refractivity contribution in [2.45, 2.75) is 20.8 Å². The van der Waals surface area contributed by atoms with Gasteiger partial charge in [0, 0.05) is 20.7 Å². The van der Waals surface area contributed by atoms with Gasteiger partial charge in [-0.1, -0.05) is 39.7 Å². The van der Waals surface area contributed by atoms with E-state index in [1.165, 1.54) is 12.1 Å². The number of hydrogen-bond acceptors (Lipinski definition) is 5. The average molecular weight is 676 g/mol. The minimum absolute atomic E-state index is 0.226. The van der Waals surface area contributed by atoms with Crippen LogP contribution >= 0.6 is 43.5 Å². The predicted octanol–water partition coefficient (Wildman–Crippen LogP) is 6.47. The van der Waals surface area contributed by atoms with Crippen molar-refractivity contribution in [3.8, 4) is 5.75 Å². The smallest absolute Gasteiger partial charge is 0.335 e. The number of anilines is 2. The van der Waals surface area contributed by atoms with Crippen LogP contribution in [-0.2, 0) is 14.4 Å². The minimum atomic E-state index is -0.887. The third-order valence-corrected chi connectivity index (χ3v) is 7.27. The van der Waals surface area contributed by atoms with E-state index in [1.54, 1.807) is 37.3 Å². The van der Waals surface area contributed by atoms with E-state index in [1.807, 2.05) is 26.0 Å². The van der Waals surface area contributed by atoms with E-state index in [-0.39, 0.29) is 23.6 Å². The van der Waals surface area contributed by atoms with Crippen LogP contribution in [0.25, 0.3) is 6.08 Å². The fraction of sp³-hybridized carbons (Fsp3) is 0.143. The molecule has 4 rings (SSSR count). The molecule has 1 fully saturated rings. The number of carbonyl (C=O) groups excluding carboxylic acids is 4. The van der Waals surface area contributed by atoms with Gasteiger partial charge in [-0.3, -0.25) is 19.7 Å². The number of imide groups is 2. The van der Waals surface area contributed by atoms with Crippen LogP contribution in [0.4, 0.5) is 16.2 Å². The topological polar surface area (TPSA) is 105 Å². The van der Waals surface area contributed by atoms with Crippen LogP contribution in [0, 0.1) is 20.8 Å². The number of urea groups is 1. The quantitative estimate of drug-likeness (QED) is 0.230. The van der Waals surface area contributed by atoms with Crippen LogP contribution in [0.2, 0.25) is 5.02 Å². The lowest BCUT2D eigenvalue weighted by molar-refractivity contribution is -0.122. The van der Waals surface area contributed by atoms with Gasteiger partial charge in [-0.25, -0.2) is 9.69 Å². The molecule has 0 aromatic heterocycles. The van der Waals surface area contributed by atoms with Gasteiger partial charge >= 0.3 is 6.03 Å². The Bertz CT molecular complexity index is 1570. The number of aryl methyl sites for hydroxylation is 3. The van der Waals surface area contributed by atoms with Gasteiger partial charge in [-0.2, -0.15) is 0 Å². The van der Waals surface area contributed by atoms with E-state index in [2.05, 4.69) is 42.5 Å². The first-order valence-electron chi connectivity index (χ1n) is 11.6. The Morgan fingerprint density at radius 3 is 2.44 bits per heavy atom. The summed E-state index contributed by atoms with van der Waals surface area (Å²) in [5.74, 6) is -1.87. The standard InChI is InChI=1S/C28H22Br2ClN3O5/c1-14-5-7-20(8-16(14)3)32-24(35)13-39-25-17(9-18(29)11-22(25)30)10-21-26(36)33-28(38)34(27(21)37)23-12-19(31)6-4-15(23)2/h4-12H,13H2,1-3H3,(H,32,35)(H,33,36,38)/b21-10+. The van der Waals surface area contributed by atoms with Crippen LogP contribution in [0.1, 0.15) is 22.3 Å². The molecule has 1 aliphatic heterocycles. The van der Waals surface area contributed by atoms with Crippen LogP contribution in [0.3, 0.4) is 0 Å². The molecule has 1 aliphatic rings. The summed E-state index contributed by atoms with van der Waals surface area (Å²) in [4.78, 5) is 52.3. The highest BCUT2D eigenvalue weighted by Gasteiger charge is 2.37. The molecule has 200 valence electrons. The number of benzene rings is 3. The zero-order chi connectivity index (χ0) is 28.4. The summed E-state index contributed by atoms with van der Waals surface area (Å²) < 4.78 is 6.92. The molecular formula is C28H22Br2ClN3O5. The predicted molar refractivity (Wildman–Crippen MR) is 157 cm³/mol. The number of nitrogens with one attached hydrogen (secondary N) is 2. The molecule has 3 aromatic carbocycles. The summed E-state index contributed by atoms with van der Waals surface area (Å²) in [5.41, 5.74) is 3.66. The molecular weight excluding hydrogens is 654 g/mol. The molecule has 0 atom stereocenters. The Hall–Kier alpha value is -3.47. The minimum Gasteiger partial charge on any atom is -0.482 e. The summed E-state index contributed by atoms with van der Waals surface area (Å²) in [6.07, 6.45) is 1.31. The van der Waals surface area contributed by atoms with Crippen molar-refractivity contribution in [3.05, 3.63) is 90.3 Å². The van der Waals surface area contributed by atoms with Crippen LogP contribution in [0.5, 0.6) is 5.75 Å². The number of hydrogen-bond donors (Lipinski definition) is 2. The molecule has 0 unspecified atom stereocenters. The second-order valence-corrected chi connectivity index (χ2v) is 11.0. The summed E-state index contributed by atoms with van der Waals surface area (Å²) >= 11 is 12.9. The summed E-state index contributed by atoms with van der Waals surface area (Å²) in [5, 5.41) is 5.31. The number of barbiturate groups is 1. The van der Waals surface area contributed by atoms with Crippen molar-refractivity contribution in [2.24, 2.45) is 0 Å². The average Bonchev–Trinajstić information content (AvgIpc) is 2.85. The number of halogens is 3. The second kappa shape index (κ2) is 11.7. The van der Waals surface area contributed by atoms with E-state index < -0.39 is 23.8 Å². The monoisotopic (exact) mass is 673 g/mol. The third-order valence-electron chi connectivity index (χ3n) is 5.99. The SMILES string of the molecule is Cc1ccc(NC(=O)COc2c(Br)cc(Br)cc2/C=C2\C(=O)NC(=O)N(c3cc(Cl)ccc3C)C2=O)cc1C. The molecule has 0 bridgehead atoms. The fourth-order valence-corrected chi connectivity index (χ4v) is 5.39. The second-order valence-electron chi connectivity index (χ2n) is 8.83. The Balaban J connectivity index is 1.64. The highest BCUT2D eigenvalue weighted by atomic mass is 79.9. The van der Waals surface area contributed by atoms with Crippen molar-refractivity contribution in [1.29, 1.82) is 0 Å². The number of ether oxygens (including phenoxy) is 1. The lowest BCUT2D eigenvalue weighted by Crippen LogP contribution is -2.54. The fourth-order valence-electron chi connectivity index (χ4n) is 3.85. The molecule has 0 radical (unpaired) electrons.